The lowest BCUT2D eigenvalue weighted by Gasteiger charge is -2.36. The van der Waals surface area contributed by atoms with Crippen LogP contribution < -0.4 is 5.32 Å². The van der Waals surface area contributed by atoms with Gasteiger partial charge in [0.25, 0.3) is 5.91 Å². The summed E-state index contributed by atoms with van der Waals surface area (Å²) >= 11 is 3.45. The number of carbonyl (C=O) groups excluding carboxylic acids is 1. The van der Waals surface area contributed by atoms with Gasteiger partial charge >= 0.3 is 6.09 Å². The first kappa shape index (κ1) is 23.6. The second kappa shape index (κ2) is 9.60. The second-order valence-corrected chi connectivity index (χ2v) is 9.41. The van der Waals surface area contributed by atoms with Crippen LogP contribution >= 0.6 is 15.9 Å². The van der Waals surface area contributed by atoms with Crippen molar-refractivity contribution in [1.82, 2.24) is 20.0 Å². The smallest absolute Gasteiger partial charge is 0.407 e. The summed E-state index contributed by atoms with van der Waals surface area (Å²) in [7, 11) is 1.78. The molecule has 0 aliphatic rings. The van der Waals surface area contributed by atoms with E-state index >= 15 is 0 Å². The van der Waals surface area contributed by atoms with Gasteiger partial charge in [-0.2, -0.15) is 5.10 Å². The molecule has 0 spiro atoms. The van der Waals surface area contributed by atoms with Crippen molar-refractivity contribution in [3.63, 3.8) is 0 Å². The SMILES string of the molecule is Cn1nccc1-c1oc(C(=O)NC(Cc2ccccc2)CN(C(=O)O)C(C)(C)C)cc1Br. The maximum absolute atomic E-state index is 13.1. The van der Waals surface area contributed by atoms with Crippen molar-refractivity contribution in [3.05, 3.63) is 64.5 Å². The Labute approximate surface area is 195 Å². The van der Waals surface area contributed by atoms with Gasteiger partial charge in [0.05, 0.1) is 10.5 Å². The van der Waals surface area contributed by atoms with Crippen LogP contribution in [0.25, 0.3) is 11.5 Å². The molecule has 9 heteroatoms. The molecule has 3 aromatic rings. The highest BCUT2D eigenvalue weighted by molar-refractivity contribution is 9.10. The molecule has 0 radical (unpaired) electrons. The first-order valence-corrected chi connectivity index (χ1v) is 11.0. The van der Waals surface area contributed by atoms with E-state index in [1.807, 2.05) is 51.1 Å². The second-order valence-electron chi connectivity index (χ2n) is 8.55. The van der Waals surface area contributed by atoms with Crippen molar-refractivity contribution in [2.75, 3.05) is 6.54 Å². The van der Waals surface area contributed by atoms with Crippen LogP contribution in [0.5, 0.6) is 0 Å². The van der Waals surface area contributed by atoms with Gasteiger partial charge in [-0.15, -0.1) is 0 Å². The summed E-state index contributed by atoms with van der Waals surface area (Å²) in [6, 6.07) is 12.6. The summed E-state index contributed by atoms with van der Waals surface area (Å²) in [6.45, 7) is 5.61. The summed E-state index contributed by atoms with van der Waals surface area (Å²) in [6.07, 6.45) is 1.08. The summed E-state index contributed by atoms with van der Waals surface area (Å²) in [5.74, 6) is 0.208. The number of aryl methyl sites for hydroxylation is 1. The molecular weight excluding hydrogens is 476 g/mol. The van der Waals surface area contributed by atoms with E-state index in [2.05, 4.69) is 26.3 Å². The fourth-order valence-electron chi connectivity index (χ4n) is 3.43. The Bertz CT molecular complexity index is 1090. The third kappa shape index (κ3) is 5.59. The van der Waals surface area contributed by atoms with Crippen molar-refractivity contribution in [2.45, 2.75) is 38.8 Å². The first-order valence-electron chi connectivity index (χ1n) is 10.2. The predicted octanol–water partition coefficient (Wildman–Crippen LogP) is 4.56. The molecule has 1 atom stereocenters. The van der Waals surface area contributed by atoms with E-state index in [1.165, 1.54) is 4.90 Å². The minimum Gasteiger partial charge on any atom is -0.465 e. The van der Waals surface area contributed by atoms with Crippen molar-refractivity contribution in [3.8, 4) is 11.5 Å². The molecule has 0 saturated heterocycles. The topological polar surface area (TPSA) is 101 Å². The number of nitrogens with one attached hydrogen (secondary N) is 1. The van der Waals surface area contributed by atoms with Gasteiger partial charge in [-0.3, -0.25) is 9.48 Å². The summed E-state index contributed by atoms with van der Waals surface area (Å²) in [4.78, 5) is 26.3. The molecule has 1 unspecified atom stereocenters. The predicted molar refractivity (Wildman–Crippen MR) is 124 cm³/mol. The number of carbonyl (C=O) groups is 2. The van der Waals surface area contributed by atoms with Crippen LogP contribution in [-0.2, 0) is 13.5 Å². The van der Waals surface area contributed by atoms with Gasteiger partial charge in [-0.05, 0) is 54.8 Å². The number of amides is 2. The molecular formula is C23H27BrN4O4. The van der Waals surface area contributed by atoms with Crippen LogP contribution in [0, 0.1) is 0 Å². The zero-order chi connectivity index (χ0) is 23.5. The van der Waals surface area contributed by atoms with Crippen LogP contribution in [0.15, 0.2) is 57.6 Å². The molecule has 8 nitrogen and oxygen atoms in total. The molecule has 0 aliphatic heterocycles. The van der Waals surface area contributed by atoms with E-state index in [9.17, 15) is 14.7 Å². The van der Waals surface area contributed by atoms with Crippen LogP contribution in [0.4, 0.5) is 4.79 Å². The molecule has 2 aromatic heterocycles. The van der Waals surface area contributed by atoms with E-state index in [1.54, 1.807) is 30.1 Å². The number of carboxylic acid groups (broad SMARTS) is 1. The lowest BCUT2D eigenvalue weighted by atomic mass is 10.0. The number of benzene rings is 1. The maximum Gasteiger partial charge on any atom is 0.407 e. The Morgan fingerprint density at radius 2 is 1.94 bits per heavy atom. The molecule has 3 rings (SSSR count). The first-order chi connectivity index (χ1) is 15.1. The van der Waals surface area contributed by atoms with Gasteiger partial charge in [0.1, 0.15) is 5.69 Å². The number of furan rings is 1. The average Bonchev–Trinajstić information content (AvgIpc) is 3.30. The largest absolute Gasteiger partial charge is 0.465 e. The third-order valence-electron chi connectivity index (χ3n) is 5.07. The molecule has 0 fully saturated rings. The van der Waals surface area contributed by atoms with Crippen molar-refractivity contribution in [2.24, 2.45) is 7.05 Å². The Morgan fingerprint density at radius 3 is 2.50 bits per heavy atom. The highest BCUT2D eigenvalue weighted by atomic mass is 79.9. The Kier molecular flexibility index (Phi) is 7.08. The van der Waals surface area contributed by atoms with Crippen LogP contribution in [0.3, 0.4) is 0 Å². The van der Waals surface area contributed by atoms with Crippen LogP contribution in [0.2, 0.25) is 0 Å². The normalized spacial score (nSPS) is 12.4. The third-order valence-corrected chi connectivity index (χ3v) is 5.66. The Morgan fingerprint density at radius 1 is 1.25 bits per heavy atom. The van der Waals surface area contributed by atoms with Crippen molar-refractivity contribution >= 4 is 27.9 Å². The number of nitrogens with zero attached hydrogens (tertiary/aromatic N) is 3. The fraction of sp³-hybridized carbons (Fsp3) is 0.348. The maximum atomic E-state index is 13.1. The number of halogens is 1. The molecule has 0 aliphatic carbocycles. The fourth-order valence-corrected chi connectivity index (χ4v) is 3.92. The van der Waals surface area contributed by atoms with E-state index in [0.717, 1.165) is 11.3 Å². The average molecular weight is 503 g/mol. The molecule has 0 bridgehead atoms. The van der Waals surface area contributed by atoms with E-state index in [0.29, 0.717) is 16.7 Å². The summed E-state index contributed by atoms with van der Waals surface area (Å²) in [5.41, 5.74) is 1.10. The minimum absolute atomic E-state index is 0.128. The Hall–Kier alpha value is -3.07. The van der Waals surface area contributed by atoms with Gasteiger partial charge < -0.3 is 19.7 Å². The molecule has 0 saturated carbocycles. The molecule has 170 valence electrons. The zero-order valence-electron chi connectivity index (χ0n) is 18.5. The minimum atomic E-state index is -1.04. The zero-order valence-corrected chi connectivity index (χ0v) is 20.1. The van der Waals surface area contributed by atoms with Crippen LogP contribution in [-0.4, -0.2) is 49.9 Å². The highest BCUT2D eigenvalue weighted by Crippen LogP contribution is 2.31. The van der Waals surface area contributed by atoms with Crippen molar-refractivity contribution in [1.29, 1.82) is 0 Å². The molecule has 2 amide bonds. The summed E-state index contributed by atoms with van der Waals surface area (Å²) < 4.78 is 8.11. The van der Waals surface area contributed by atoms with Crippen molar-refractivity contribution < 1.29 is 19.1 Å². The highest BCUT2D eigenvalue weighted by Gasteiger charge is 2.30. The van der Waals surface area contributed by atoms with Gasteiger partial charge in [-0.25, -0.2) is 4.79 Å². The monoisotopic (exact) mass is 502 g/mol. The number of rotatable bonds is 7. The van der Waals surface area contributed by atoms with Gasteiger partial charge in [-0.1, -0.05) is 30.3 Å². The summed E-state index contributed by atoms with van der Waals surface area (Å²) in [5, 5.41) is 16.8. The van der Waals surface area contributed by atoms with E-state index < -0.39 is 23.6 Å². The number of hydrogen-bond acceptors (Lipinski definition) is 4. The van der Waals surface area contributed by atoms with Crippen LogP contribution in [0.1, 0.15) is 36.9 Å². The molecule has 1 aromatic carbocycles. The molecule has 32 heavy (non-hydrogen) atoms. The van der Waals surface area contributed by atoms with E-state index in [-0.39, 0.29) is 12.3 Å². The lowest BCUT2D eigenvalue weighted by molar-refractivity contribution is 0.0806. The molecule has 2 N–H and O–H groups in total. The van der Waals surface area contributed by atoms with Gasteiger partial charge in [0.15, 0.2) is 11.5 Å². The molecule has 2 heterocycles. The van der Waals surface area contributed by atoms with Gasteiger partial charge in [0.2, 0.25) is 0 Å². The Balaban J connectivity index is 1.84. The van der Waals surface area contributed by atoms with Gasteiger partial charge in [0, 0.05) is 31.4 Å². The lowest BCUT2D eigenvalue weighted by Crippen LogP contribution is -2.53. The quantitative estimate of drug-likeness (QED) is 0.492. The van der Waals surface area contributed by atoms with E-state index in [4.69, 9.17) is 4.42 Å². The number of aromatic nitrogens is 2. The standard InChI is InChI=1S/C23H27BrN4O4/c1-23(2,3)28(22(30)31)14-16(12-15-8-6-5-7-9-15)26-21(29)19-13-17(24)20(32-19)18-10-11-25-27(18)4/h5-11,13,16H,12,14H2,1-4H3,(H,26,29)(H,30,31). The number of hydrogen-bond donors (Lipinski definition) is 2.